The number of ether oxygens (including phenoxy) is 1. The first-order chi connectivity index (χ1) is 21.2. The molecule has 6 nitrogen and oxygen atoms in total. The maximum absolute atomic E-state index is 10.8. The van der Waals surface area contributed by atoms with Gasteiger partial charge in [-0.15, -0.1) is 0 Å². The molecule has 0 unspecified atom stereocenters. The summed E-state index contributed by atoms with van der Waals surface area (Å²) in [6, 6.07) is 39.1. The molecule has 210 valence electrons. The predicted molar refractivity (Wildman–Crippen MR) is 173 cm³/mol. The van der Waals surface area contributed by atoms with E-state index in [0.717, 1.165) is 57.9 Å². The normalized spacial score (nSPS) is 13.2. The molecule has 7 rings (SSSR count). The Labute approximate surface area is 251 Å². The number of hydrogen-bond donors (Lipinski definition) is 0. The summed E-state index contributed by atoms with van der Waals surface area (Å²) in [6.07, 6.45) is 3.72. The third-order valence-electron chi connectivity index (χ3n) is 8.22. The highest BCUT2D eigenvalue weighted by Crippen LogP contribution is 2.42. The first kappa shape index (κ1) is 26.5. The van der Waals surface area contributed by atoms with Crippen LogP contribution < -0.4 is 9.64 Å². The number of nitriles is 1. The van der Waals surface area contributed by atoms with Crippen molar-refractivity contribution in [2.45, 2.75) is 19.3 Å². The molecule has 1 aliphatic heterocycles. The second-order valence-corrected chi connectivity index (χ2v) is 10.8. The van der Waals surface area contributed by atoms with Gasteiger partial charge in [0.2, 0.25) is 0 Å². The van der Waals surface area contributed by atoms with Gasteiger partial charge in [0.1, 0.15) is 17.5 Å². The maximum atomic E-state index is 10.8. The van der Waals surface area contributed by atoms with Crippen LogP contribution in [0, 0.1) is 11.3 Å². The molecule has 0 radical (unpaired) electrons. The van der Waals surface area contributed by atoms with Crippen molar-refractivity contribution in [2.75, 3.05) is 25.1 Å². The van der Waals surface area contributed by atoms with Gasteiger partial charge in [-0.2, -0.15) is 10.4 Å². The zero-order valence-corrected chi connectivity index (χ0v) is 24.1. The van der Waals surface area contributed by atoms with Crippen LogP contribution >= 0.6 is 0 Å². The van der Waals surface area contributed by atoms with Crippen molar-refractivity contribution < 1.29 is 4.74 Å². The molecule has 6 aromatic rings. The van der Waals surface area contributed by atoms with Crippen molar-refractivity contribution in [1.82, 2.24) is 14.8 Å². The molecule has 6 heteroatoms. The molecule has 1 aliphatic rings. The van der Waals surface area contributed by atoms with Crippen LogP contribution in [0.3, 0.4) is 0 Å². The number of piperidine rings is 1. The number of benzene rings is 4. The molecule has 0 N–H and O–H groups in total. The Bertz CT molecular complexity index is 1920. The summed E-state index contributed by atoms with van der Waals surface area (Å²) in [5.74, 6) is 0.748. The number of anilines is 1. The SMILES string of the molecule is COc1ccc(-c2nc3c(c(-c4ccccc4)nn3-c3ccccc3)c(-c3ccc(N4CCCCC4)cc3)c2C#N)cc1. The minimum Gasteiger partial charge on any atom is -0.497 e. The van der Waals surface area contributed by atoms with Crippen molar-refractivity contribution >= 4 is 16.7 Å². The van der Waals surface area contributed by atoms with Crippen LogP contribution in [0.1, 0.15) is 24.8 Å². The van der Waals surface area contributed by atoms with Crippen molar-refractivity contribution in [1.29, 1.82) is 5.26 Å². The number of aromatic nitrogens is 3. The average molecular weight is 562 g/mol. The molecule has 0 amide bonds. The molecular weight excluding hydrogens is 530 g/mol. The van der Waals surface area contributed by atoms with E-state index in [1.54, 1.807) is 7.11 Å². The minimum absolute atomic E-state index is 0.521. The molecule has 0 atom stereocenters. The van der Waals surface area contributed by atoms with Gasteiger partial charge in [0, 0.05) is 35.5 Å². The van der Waals surface area contributed by atoms with E-state index in [2.05, 4.69) is 47.4 Å². The van der Waals surface area contributed by atoms with Crippen LogP contribution in [-0.4, -0.2) is 35.0 Å². The number of rotatable bonds is 6. The fraction of sp³-hybridized carbons (Fsp3) is 0.162. The first-order valence-electron chi connectivity index (χ1n) is 14.7. The number of pyridine rings is 1. The summed E-state index contributed by atoms with van der Waals surface area (Å²) in [4.78, 5) is 7.65. The van der Waals surface area contributed by atoms with Crippen LogP contribution in [-0.2, 0) is 0 Å². The standard InChI is InChI=1S/C37H31N5O/c1-43-31-21-17-28(18-22-31)35-32(25-38)33(26-15-19-29(20-16-26)41-23-9-4-10-24-41)34-36(27-11-5-2-6-12-27)40-42(37(34)39-35)30-13-7-3-8-14-30/h2-3,5-8,11-22H,4,9-10,23-24H2,1H3. The highest BCUT2D eigenvalue weighted by molar-refractivity contribution is 6.07. The lowest BCUT2D eigenvalue weighted by Crippen LogP contribution is -2.29. The number of fused-ring (bicyclic) bond motifs is 1. The Morgan fingerprint density at radius 1 is 0.674 bits per heavy atom. The van der Waals surface area contributed by atoms with Gasteiger partial charge in [0.05, 0.1) is 29.4 Å². The molecule has 0 aliphatic carbocycles. The molecule has 1 fully saturated rings. The zero-order chi connectivity index (χ0) is 29.2. The lowest BCUT2D eigenvalue weighted by molar-refractivity contribution is 0.415. The highest BCUT2D eigenvalue weighted by Gasteiger charge is 2.26. The van der Waals surface area contributed by atoms with Gasteiger partial charge in [-0.25, -0.2) is 9.67 Å². The Hall–Kier alpha value is -5.41. The molecule has 0 saturated carbocycles. The Kier molecular flexibility index (Phi) is 7.06. The second-order valence-electron chi connectivity index (χ2n) is 10.8. The van der Waals surface area contributed by atoms with Crippen LogP contribution in [0.2, 0.25) is 0 Å². The third-order valence-corrected chi connectivity index (χ3v) is 8.22. The summed E-state index contributed by atoms with van der Waals surface area (Å²) in [5.41, 5.74) is 8.35. The van der Waals surface area contributed by atoms with Crippen molar-refractivity contribution in [3.8, 4) is 51.1 Å². The molecule has 4 aromatic carbocycles. The van der Waals surface area contributed by atoms with Crippen molar-refractivity contribution in [3.05, 3.63) is 115 Å². The summed E-state index contributed by atoms with van der Waals surface area (Å²) in [7, 11) is 1.65. The van der Waals surface area contributed by atoms with E-state index in [1.807, 2.05) is 77.5 Å². The molecule has 3 heterocycles. The average Bonchev–Trinajstić information content (AvgIpc) is 3.48. The van der Waals surface area contributed by atoms with E-state index >= 15 is 0 Å². The van der Waals surface area contributed by atoms with E-state index < -0.39 is 0 Å². The Morgan fingerprint density at radius 2 is 1.30 bits per heavy atom. The minimum atomic E-state index is 0.521. The number of methoxy groups -OCH3 is 1. The quantitative estimate of drug-likeness (QED) is 0.205. The van der Waals surface area contributed by atoms with E-state index in [4.69, 9.17) is 14.8 Å². The smallest absolute Gasteiger partial charge is 0.164 e. The highest BCUT2D eigenvalue weighted by atomic mass is 16.5. The Balaban J connectivity index is 1.54. The first-order valence-corrected chi connectivity index (χ1v) is 14.7. The summed E-state index contributed by atoms with van der Waals surface area (Å²) in [6.45, 7) is 2.15. The largest absolute Gasteiger partial charge is 0.497 e. The van der Waals surface area contributed by atoms with Crippen LogP contribution in [0.15, 0.2) is 109 Å². The topological polar surface area (TPSA) is 67.0 Å². The van der Waals surface area contributed by atoms with E-state index in [9.17, 15) is 5.26 Å². The number of para-hydroxylation sites is 1. The lowest BCUT2D eigenvalue weighted by Gasteiger charge is -2.29. The predicted octanol–water partition coefficient (Wildman–Crippen LogP) is 8.29. The van der Waals surface area contributed by atoms with Crippen molar-refractivity contribution in [2.24, 2.45) is 0 Å². The van der Waals surface area contributed by atoms with Gasteiger partial charge >= 0.3 is 0 Å². The van der Waals surface area contributed by atoms with Gasteiger partial charge in [-0.1, -0.05) is 60.7 Å². The molecule has 0 spiro atoms. The summed E-state index contributed by atoms with van der Waals surface area (Å²) >= 11 is 0. The monoisotopic (exact) mass is 561 g/mol. The fourth-order valence-corrected chi connectivity index (χ4v) is 6.04. The van der Waals surface area contributed by atoms with E-state index in [-0.39, 0.29) is 0 Å². The third kappa shape index (κ3) is 4.89. The molecular formula is C37H31N5O. The van der Waals surface area contributed by atoms with Gasteiger partial charge < -0.3 is 9.64 Å². The number of nitrogens with zero attached hydrogens (tertiary/aromatic N) is 5. The maximum Gasteiger partial charge on any atom is 0.164 e. The van der Waals surface area contributed by atoms with Crippen LogP contribution in [0.25, 0.3) is 50.4 Å². The molecule has 1 saturated heterocycles. The lowest BCUT2D eigenvalue weighted by atomic mass is 9.92. The molecule has 2 aromatic heterocycles. The van der Waals surface area contributed by atoms with Crippen molar-refractivity contribution in [3.63, 3.8) is 0 Å². The van der Waals surface area contributed by atoms with Crippen LogP contribution in [0.4, 0.5) is 5.69 Å². The molecule has 0 bridgehead atoms. The van der Waals surface area contributed by atoms with Crippen LogP contribution in [0.5, 0.6) is 5.75 Å². The van der Waals surface area contributed by atoms with Gasteiger partial charge in [0.25, 0.3) is 0 Å². The van der Waals surface area contributed by atoms with E-state index in [1.165, 1.54) is 24.9 Å². The summed E-state index contributed by atoms with van der Waals surface area (Å²) in [5, 5.41) is 16.8. The van der Waals surface area contributed by atoms with Gasteiger partial charge in [0.15, 0.2) is 5.65 Å². The van der Waals surface area contributed by atoms with Gasteiger partial charge in [-0.05, 0) is 73.4 Å². The molecule has 43 heavy (non-hydrogen) atoms. The zero-order valence-electron chi connectivity index (χ0n) is 24.1. The van der Waals surface area contributed by atoms with Gasteiger partial charge in [-0.3, -0.25) is 0 Å². The fourth-order valence-electron chi connectivity index (χ4n) is 6.04. The van der Waals surface area contributed by atoms with E-state index in [0.29, 0.717) is 16.9 Å². The second kappa shape index (κ2) is 11.5. The Morgan fingerprint density at radius 3 is 1.95 bits per heavy atom. The number of hydrogen-bond acceptors (Lipinski definition) is 5. The summed E-state index contributed by atoms with van der Waals surface area (Å²) < 4.78 is 7.31.